The zero-order valence-corrected chi connectivity index (χ0v) is 20.5. The molecule has 7 nitrogen and oxygen atoms in total. The second-order valence-corrected chi connectivity index (χ2v) is 9.33. The Morgan fingerprint density at radius 2 is 2.00 bits per heavy atom. The Hall–Kier alpha value is -3.21. The first-order valence-electron chi connectivity index (χ1n) is 11.5. The van der Waals surface area contributed by atoms with E-state index in [1.54, 1.807) is 56.6 Å². The van der Waals surface area contributed by atoms with E-state index in [1.165, 1.54) is 6.20 Å². The third kappa shape index (κ3) is 7.64. The number of aliphatic hydroxyl groups is 1. The van der Waals surface area contributed by atoms with Crippen molar-refractivity contribution in [1.82, 2.24) is 9.88 Å². The number of likely N-dealkylation sites (tertiary alicyclic amines) is 1. The van der Waals surface area contributed by atoms with Gasteiger partial charge < -0.3 is 26.2 Å². The predicted molar refractivity (Wildman–Crippen MR) is 143 cm³/mol. The normalized spacial score (nSPS) is 16.2. The van der Waals surface area contributed by atoms with E-state index in [1.807, 2.05) is 0 Å². The monoisotopic (exact) mass is 467 g/mol. The van der Waals surface area contributed by atoms with Crippen LogP contribution in [0.5, 0.6) is 5.75 Å². The molecule has 0 atom stereocenters. The maximum absolute atomic E-state index is 9.85. The van der Waals surface area contributed by atoms with Crippen molar-refractivity contribution in [2.24, 2.45) is 10.7 Å². The van der Waals surface area contributed by atoms with Gasteiger partial charge in [0.05, 0.1) is 11.4 Å². The highest BCUT2D eigenvalue weighted by molar-refractivity contribution is 6.39. The smallest absolute Gasteiger partial charge is 0.166 e. The zero-order chi connectivity index (χ0) is 25.6. The third-order valence-corrected chi connectivity index (χ3v) is 5.61. The highest BCUT2D eigenvalue weighted by atomic mass is 16.5. The van der Waals surface area contributed by atoms with Gasteiger partial charge in [-0.15, -0.1) is 0 Å². The van der Waals surface area contributed by atoms with E-state index < -0.39 is 11.0 Å². The number of piperidine rings is 1. The lowest BCUT2D eigenvalue weighted by Gasteiger charge is -2.29. The number of allylic oxidation sites excluding steroid dienone is 1. The number of aromatic nitrogens is 1. The van der Waals surface area contributed by atoms with Gasteiger partial charge in [0.15, 0.2) is 11.6 Å². The number of aliphatic imine (C=N–C) groups is 1. The fourth-order valence-electron chi connectivity index (χ4n) is 3.54. The highest BCUT2D eigenvalue weighted by Crippen LogP contribution is 2.30. The third-order valence-electron chi connectivity index (χ3n) is 5.61. The molecule has 178 valence electrons. The van der Waals surface area contributed by atoms with Crippen LogP contribution >= 0.6 is 0 Å². The molecule has 35 heavy (non-hydrogen) atoms. The quantitative estimate of drug-likeness (QED) is 0.340. The second kappa shape index (κ2) is 11.0. The van der Waals surface area contributed by atoms with Gasteiger partial charge in [-0.05, 0) is 70.6 Å². The Bertz CT molecular complexity index is 1150. The van der Waals surface area contributed by atoms with Crippen LogP contribution in [0.3, 0.4) is 0 Å². The molecule has 0 bridgehead atoms. The van der Waals surface area contributed by atoms with Gasteiger partial charge in [0.25, 0.3) is 0 Å². The van der Waals surface area contributed by atoms with Crippen molar-refractivity contribution in [3.8, 4) is 17.6 Å². The van der Waals surface area contributed by atoms with Crippen LogP contribution in [-0.2, 0) is 5.40 Å². The average Bonchev–Trinajstić information content (AvgIpc) is 2.81. The lowest BCUT2D eigenvalue weighted by molar-refractivity contribution is 0.143. The van der Waals surface area contributed by atoms with Crippen LogP contribution in [0.4, 0.5) is 5.82 Å². The number of pyridine rings is 1. The van der Waals surface area contributed by atoms with Crippen molar-refractivity contribution >= 4 is 33.3 Å². The van der Waals surface area contributed by atoms with Gasteiger partial charge in [0.2, 0.25) is 0 Å². The molecule has 1 aromatic carbocycles. The van der Waals surface area contributed by atoms with Gasteiger partial charge in [0, 0.05) is 35.3 Å². The number of nitrogens with two attached hydrogens (primary N) is 2. The number of nitrogens with zero attached hydrogens (tertiary/aromatic N) is 3. The van der Waals surface area contributed by atoms with Crippen LogP contribution in [0, 0.1) is 11.8 Å². The molecule has 1 aliphatic heterocycles. The summed E-state index contributed by atoms with van der Waals surface area (Å²) in [7, 11) is 14.8. The molecule has 4 radical (unpaired) electrons. The number of benzene rings is 1. The number of ether oxygens (including phenoxy) is 1. The van der Waals surface area contributed by atoms with E-state index in [4.69, 9.17) is 36.9 Å². The molecule has 1 fully saturated rings. The number of anilines is 1. The molecule has 0 saturated carbocycles. The summed E-state index contributed by atoms with van der Waals surface area (Å²) in [6.45, 7) is 5.25. The SMILES string of the molecule is [B]C([B])(Oc1cc(C(C=NC2CCN(C)CC2)=CN)cnc1N)c1cccc(C#CC(C)(C)O)c1. The molecular formula is C26H31B2N5O2. The number of nitrogen functional groups attached to an aromatic ring is 1. The maximum atomic E-state index is 9.85. The van der Waals surface area contributed by atoms with Crippen molar-refractivity contribution in [3.05, 3.63) is 59.4 Å². The fourth-order valence-corrected chi connectivity index (χ4v) is 3.54. The molecule has 1 aliphatic rings. The van der Waals surface area contributed by atoms with Crippen molar-refractivity contribution in [3.63, 3.8) is 0 Å². The number of rotatable bonds is 6. The topological polar surface area (TPSA) is 110 Å². The minimum atomic E-state index is -1.71. The summed E-state index contributed by atoms with van der Waals surface area (Å²) in [5, 5.41) is 8.14. The summed E-state index contributed by atoms with van der Waals surface area (Å²) >= 11 is 0. The zero-order valence-electron chi connectivity index (χ0n) is 20.5. The number of hydrogen-bond acceptors (Lipinski definition) is 7. The van der Waals surface area contributed by atoms with Crippen LogP contribution in [0.2, 0.25) is 0 Å². The van der Waals surface area contributed by atoms with Gasteiger partial charge in [-0.1, -0.05) is 24.0 Å². The molecule has 3 rings (SSSR count). The van der Waals surface area contributed by atoms with Crippen molar-refractivity contribution in [2.75, 3.05) is 25.9 Å². The van der Waals surface area contributed by atoms with Crippen LogP contribution in [0.25, 0.3) is 5.57 Å². The molecular weight excluding hydrogens is 436 g/mol. The van der Waals surface area contributed by atoms with Crippen LogP contribution in [0.15, 0.2) is 47.7 Å². The van der Waals surface area contributed by atoms with Crippen molar-refractivity contribution in [1.29, 1.82) is 0 Å². The summed E-state index contributed by atoms with van der Waals surface area (Å²) in [6, 6.07) is 8.92. The minimum Gasteiger partial charge on any atom is -0.499 e. The summed E-state index contributed by atoms with van der Waals surface area (Å²) in [5.74, 6) is 6.02. The molecule has 0 amide bonds. The molecule has 2 heterocycles. The van der Waals surface area contributed by atoms with Gasteiger partial charge in [-0.25, -0.2) is 4.98 Å². The molecule has 0 unspecified atom stereocenters. The Morgan fingerprint density at radius 1 is 1.29 bits per heavy atom. The standard InChI is InChI=1S/C26H31B2N5O2/c1-25(2,34)10-7-18-5-4-6-21(13-18)26(27,28)35-23-14-19(16-32-24(23)30)20(15-29)17-31-22-8-11-33(3)12-9-22/h4-6,13-17,22,34H,8-9,11-12,29H2,1-3H3,(H2,30,32). The summed E-state index contributed by atoms with van der Waals surface area (Å²) in [6.07, 6.45) is 6.83. The maximum Gasteiger partial charge on any atom is 0.166 e. The average molecular weight is 467 g/mol. The molecule has 0 aliphatic carbocycles. The fraction of sp³-hybridized carbons (Fsp3) is 0.385. The van der Waals surface area contributed by atoms with Crippen molar-refractivity contribution < 1.29 is 9.84 Å². The van der Waals surface area contributed by atoms with Gasteiger partial charge in [-0.3, -0.25) is 4.99 Å². The molecule has 1 aromatic heterocycles. The largest absolute Gasteiger partial charge is 0.499 e. The first-order chi connectivity index (χ1) is 16.5. The first-order valence-corrected chi connectivity index (χ1v) is 11.5. The molecule has 5 N–H and O–H groups in total. The Morgan fingerprint density at radius 3 is 2.66 bits per heavy atom. The lowest BCUT2D eigenvalue weighted by Crippen LogP contribution is -2.34. The summed E-state index contributed by atoms with van der Waals surface area (Å²) in [5.41, 5.74) is 13.3. The van der Waals surface area contributed by atoms with Gasteiger partial charge in [-0.2, -0.15) is 0 Å². The van der Waals surface area contributed by atoms with Crippen LogP contribution in [-0.4, -0.2) is 68.7 Å². The Balaban J connectivity index is 1.81. The summed E-state index contributed by atoms with van der Waals surface area (Å²) < 4.78 is 5.91. The van der Waals surface area contributed by atoms with Crippen LogP contribution in [0.1, 0.15) is 43.4 Å². The highest BCUT2D eigenvalue weighted by Gasteiger charge is 2.24. The number of hydrogen-bond donors (Lipinski definition) is 3. The Kier molecular flexibility index (Phi) is 8.31. The van der Waals surface area contributed by atoms with E-state index >= 15 is 0 Å². The van der Waals surface area contributed by atoms with Gasteiger partial charge >= 0.3 is 0 Å². The van der Waals surface area contributed by atoms with Gasteiger partial charge in [0.1, 0.15) is 21.3 Å². The van der Waals surface area contributed by atoms with E-state index in [2.05, 4.69) is 28.8 Å². The van der Waals surface area contributed by atoms with E-state index in [0.717, 1.165) is 25.9 Å². The van der Waals surface area contributed by atoms with E-state index in [9.17, 15) is 5.11 Å². The molecule has 2 aromatic rings. The van der Waals surface area contributed by atoms with E-state index in [-0.39, 0.29) is 17.6 Å². The Labute approximate surface area is 210 Å². The molecule has 9 heteroatoms. The molecule has 1 saturated heterocycles. The summed E-state index contributed by atoms with van der Waals surface area (Å²) in [4.78, 5) is 11.2. The van der Waals surface area contributed by atoms with E-state index in [0.29, 0.717) is 22.3 Å². The first kappa shape index (κ1) is 26.4. The minimum absolute atomic E-state index is 0.135. The predicted octanol–water partition coefficient (Wildman–Crippen LogP) is 1.78. The lowest BCUT2D eigenvalue weighted by atomic mass is 9.61. The van der Waals surface area contributed by atoms with Crippen molar-refractivity contribution in [2.45, 2.75) is 43.7 Å². The molecule has 0 spiro atoms. The van der Waals surface area contributed by atoms with Crippen LogP contribution < -0.4 is 16.2 Å². The second-order valence-electron chi connectivity index (χ2n) is 9.33.